The molecule has 6 nitrogen and oxygen atoms in total. The minimum atomic E-state index is -1.01. The maximum atomic E-state index is 10.5. The average molecular weight is 265 g/mol. The Kier molecular flexibility index (Phi) is 5.68. The molecule has 0 amide bonds. The van der Waals surface area contributed by atoms with Gasteiger partial charge in [-0.25, -0.2) is 0 Å². The van der Waals surface area contributed by atoms with Crippen LogP contribution in [-0.4, -0.2) is 63.3 Å². The summed E-state index contributed by atoms with van der Waals surface area (Å²) in [6.07, 6.45) is -2.10. The van der Waals surface area contributed by atoms with Crippen LogP contribution in [0.1, 0.15) is 13.3 Å². The minimum absolute atomic E-state index is 0.364. The second-order valence-corrected chi connectivity index (χ2v) is 5.32. The van der Waals surface area contributed by atoms with Crippen molar-refractivity contribution in [3.05, 3.63) is 0 Å². The number of carboxylic acids is 1. The topological polar surface area (TPSA) is 113 Å². The highest BCUT2D eigenvalue weighted by atomic mass is 32.2. The lowest BCUT2D eigenvalue weighted by molar-refractivity contribution is -0.138. The molecule has 1 heterocycles. The molecular formula is C10H19NO5S. The second kappa shape index (κ2) is 6.55. The Bertz CT molecular complexity index is 265. The van der Waals surface area contributed by atoms with Crippen LogP contribution in [0.25, 0.3) is 0 Å². The predicted molar refractivity (Wildman–Crippen MR) is 63.9 cm³/mol. The van der Waals surface area contributed by atoms with Crippen molar-refractivity contribution in [2.75, 3.05) is 11.5 Å². The smallest absolute Gasteiger partial charge is 0.320 e. The molecule has 17 heavy (non-hydrogen) atoms. The molecule has 1 saturated heterocycles. The highest BCUT2D eigenvalue weighted by molar-refractivity contribution is 7.99. The lowest BCUT2D eigenvalue weighted by Gasteiger charge is -2.14. The van der Waals surface area contributed by atoms with Gasteiger partial charge < -0.3 is 25.8 Å². The Balaban J connectivity index is 2.17. The molecule has 5 atom stereocenters. The van der Waals surface area contributed by atoms with Crippen molar-refractivity contribution in [3.63, 3.8) is 0 Å². The van der Waals surface area contributed by atoms with Crippen LogP contribution >= 0.6 is 11.8 Å². The van der Waals surface area contributed by atoms with Crippen molar-refractivity contribution in [2.24, 2.45) is 5.73 Å². The van der Waals surface area contributed by atoms with Gasteiger partial charge in [0.1, 0.15) is 18.2 Å². The first-order valence-corrected chi connectivity index (χ1v) is 6.66. The second-order valence-electron chi connectivity index (χ2n) is 4.17. The summed E-state index contributed by atoms with van der Waals surface area (Å²) < 4.78 is 5.37. The molecular weight excluding hydrogens is 246 g/mol. The number of carbonyl (C=O) groups is 1. The number of aliphatic carboxylic acids is 1. The fraction of sp³-hybridized carbons (Fsp3) is 0.900. The van der Waals surface area contributed by atoms with Crippen LogP contribution < -0.4 is 5.73 Å². The number of thioether (sulfide) groups is 1. The first-order valence-electron chi connectivity index (χ1n) is 5.51. The van der Waals surface area contributed by atoms with Crippen molar-refractivity contribution in [1.82, 2.24) is 0 Å². The maximum Gasteiger partial charge on any atom is 0.320 e. The highest BCUT2D eigenvalue weighted by Gasteiger charge is 2.39. The first kappa shape index (κ1) is 14.7. The van der Waals surface area contributed by atoms with Gasteiger partial charge in [0.05, 0.1) is 12.2 Å². The Morgan fingerprint density at radius 1 is 1.47 bits per heavy atom. The van der Waals surface area contributed by atoms with E-state index in [0.29, 0.717) is 17.9 Å². The number of aliphatic hydroxyl groups is 2. The third-order valence-electron chi connectivity index (χ3n) is 2.77. The summed E-state index contributed by atoms with van der Waals surface area (Å²) >= 11 is 1.46. The summed E-state index contributed by atoms with van der Waals surface area (Å²) in [5.74, 6) is 0.103. The number of hydrogen-bond acceptors (Lipinski definition) is 6. The monoisotopic (exact) mass is 265 g/mol. The van der Waals surface area contributed by atoms with E-state index in [1.165, 1.54) is 11.8 Å². The van der Waals surface area contributed by atoms with Crippen molar-refractivity contribution in [1.29, 1.82) is 0 Å². The van der Waals surface area contributed by atoms with Gasteiger partial charge in [-0.1, -0.05) is 0 Å². The zero-order valence-electron chi connectivity index (χ0n) is 9.65. The van der Waals surface area contributed by atoms with E-state index in [1.807, 2.05) is 0 Å². The molecule has 1 aliphatic heterocycles. The molecule has 0 radical (unpaired) electrons. The van der Waals surface area contributed by atoms with Crippen LogP contribution in [0.4, 0.5) is 0 Å². The molecule has 0 saturated carbocycles. The van der Waals surface area contributed by atoms with E-state index in [2.05, 4.69) is 0 Å². The van der Waals surface area contributed by atoms with E-state index in [9.17, 15) is 15.0 Å². The number of ether oxygens (including phenoxy) is 1. The summed E-state index contributed by atoms with van der Waals surface area (Å²) in [6.45, 7) is 1.71. The standard InChI is InChI=1S/C10H19NO5S/c1-5-8(12)9(13)7(16-5)4-17-3-2-6(11)10(14)15/h5-9,12-13H,2-4,11H2,1H3,(H,14,15). The molecule has 1 aliphatic rings. The third kappa shape index (κ3) is 4.11. The Morgan fingerprint density at radius 3 is 2.59 bits per heavy atom. The Morgan fingerprint density at radius 2 is 2.12 bits per heavy atom. The van der Waals surface area contributed by atoms with Crippen LogP contribution in [0.15, 0.2) is 0 Å². The lowest BCUT2D eigenvalue weighted by atomic mass is 10.1. The number of rotatable bonds is 6. The van der Waals surface area contributed by atoms with E-state index in [0.717, 1.165) is 0 Å². The molecule has 5 N–H and O–H groups in total. The molecule has 7 heteroatoms. The molecule has 100 valence electrons. The van der Waals surface area contributed by atoms with E-state index in [1.54, 1.807) is 6.92 Å². The van der Waals surface area contributed by atoms with Gasteiger partial charge in [-0.05, 0) is 19.1 Å². The minimum Gasteiger partial charge on any atom is -0.480 e. The SMILES string of the molecule is CC1OC(CSCCC(N)C(=O)O)C(O)C1O. The first-order chi connectivity index (χ1) is 7.93. The summed E-state index contributed by atoms with van der Waals surface area (Å²) in [5.41, 5.74) is 5.35. The van der Waals surface area contributed by atoms with Crippen LogP contribution in [0.2, 0.25) is 0 Å². The summed E-state index contributed by atoms with van der Waals surface area (Å²) in [4.78, 5) is 10.5. The number of carboxylic acid groups (broad SMARTS) is 1. The van der Waals surface area contributed by atoms with Gasteiger partial charge in [-0.15, -0.1) is 0 Å². The lowest BCUT2D eigenvalue weighted by Crippen LogP contribution is -2.33. The van der Waals surface area contributed by atoms with Crippen molar-refractivity contribution < 1.29 is 24.9 Å². The van der Waals surface area contributed by atoms with Gasteiger partial charge in [-0.2, -0.15) is 11.8 Å². The molecule has 0 aromatic heterocycles. The van der Waals surface area contributed by atoms with E-state index >= 15 is 0 Å². The highest BCUT2D eigenvalue weighted by Crippen LogP contribution is 2.24. The summed E-state index contributed by atoms with van der Waals surface area (Å²) in [7, 11) is 0. The molecule has 0 aromatic rings. The fourth-order valence-electron chi connectivity index (χ4n) is 1.61. The van der Waals surface area contributed by atoms with Crippen molar-refractivity contribution in [2.45, 2.75) is 43.8 Å². The zero-order chi connectivity index (χ0) is 13.0. The largest absolute Gasteiger partial charge is 0.480 e. The van der Waals surface area contributed by atoms with Gasteiger partial charge in [0.2, 0.25) is 0 Å². The number of hydrogen-bond donors (Lipinski definition) is 4. The molecule has 0 aromatic carbocycles. The Hall–Kier alpha value is -0.340. The summed E-state index contributed by atoms with van der Waals surface area (Å²) in [5, 5.41) is 27.7. The zero-order valence-corrected chi connectivity index (χ0v) is 10.5. The molecule has 0 spiro atoms. The maximum absolute atomic E-state index is 10.5. The molecule has 0 bridgehead atoms. The molecule has 0 aliphatic carbocycles. The van der Waals surface area contributed by atoms with Gasteiger partial charge in [-0.3, -0.25) is 4.79 Å². The Labute approximate surface area is 104 Å². The van der Waals surface area contributed by atoms with Gasteiger partial charge >= 0.3 is 5.97 Å². The molecule has 1 fully saturated rings. The van der Waals surface area contributed by atoms with E-state index in [-0.39, 0.29) is 6.10 Å². The normalized spacial score (nSPS) is 34.8. The van der Waals surface area contributed by atoms with Crippen molar-refractivity contribution >= 4 is 17.7 Å². The molecule has 5 unspecified atom stereocenters. The van der Waals surface area contributed by atoms with Crippen LogP contribution in [0.5, 0.6) is 0 Å². The predicted octanol–water partition coefficient (Wildman–Crippen LogP) is -0.969. The van der Waals surface area contributed by atoms with E-state index in [4.69, 9.17) is 15.6 Å². The molecule has 1 rings (SSSR count). The number of nitrogens with two attached hydrogens (primary N) is 1. The fourth-order valence-corrected chi connectivity index (χ4v) is 2.70. The quantitative estimate of drug-likeness (QED) is 0.457. The van der Waals surface area contributed by atoms with Crippen molar-refractivity contribution in [3.8, 4) is 0 Å². The average Bonchev–Trinajstić information content (AvgIpc) is 2.52. The summed E-state index contributed by atoms with van der Waals surface area (Å²) in [6, 6.07) is -0.846. The van der Waals surface area contributed by atoms with Gasteiger partial charge in [0, 0.05) is 5.75 Å². The van der Waals surface area contributed by atoms with Crippen LogP contribution in [0.3, 0.4) is 0 Å². The number of aliphatic hydroxyl groups excluding tert-OH is 2. The third-order valence-corrected chi connectivity index (χ3v) is 3.86. The van der Waals surface area contributed by atoms with Gasteiger partial charge in [0.25, 0.3) is 0 Å². The van der Waals surface area contributed by atoms with E-state index < -0.39 is 30.3 Å². The van der Waals surface area contributed by atoms with Gasteiger partial charge in [0.15, 0.2) is 0 Å². The van der Waals surface area contributed by atoms with Crippen LogP contribution in [-0.2, 0) is 9.53 Å². The van der Waals surface area contributed by atoms with Crippen LogP contribution in [0, 0.1) is 0 Å².